The Labute approximate surface area is 171 Å². The van der Waals surface area contributed by atoms with Crippen molar-refractivity contribution in [2.75, 3.05) is 27.2 Å². The first-order valence-electron chi connectivity index (χ1n) is 10.2. The Bertz CT molecular complexity index is 888. The fourth-order valence-electron chi connectivity index (χ4n) is 4.10. The summed E-state index contributed by atoms with van der Waals surface area (Å²) in [5.41, 5.74) is 2.10. The van der Waals surface area contributed by atoms with Gasteiger partial charge in [0, 0.05) is 37.3 Å². The molecule has 2 unspecified atom stereocenters. The predicted molar refractivity (Wildman–Crippen MR) is 109 cm³/mol. The average Bonchev–Trinajstić information content (AvgIpc) is 3.18. The number of carbonyl (C=O) groups excluding carboxylic acids is 1. The molecule has 2 aromatic rings. The van der Waals surface area contributed by atoms with Crippen molar-refractivity contribution in [1.82, 2.24) is 19.8 Å². The van der Waals surface area contributed by atoms with Gasteiger partial charge in [-0.2, -0.15) is 0 Å². The summed E-state index contributed by atoms with van der Waals surface area (Å²) >= 11 is 0. The summed E-state index contributed by atoms with van der Waals surface area (Å²) in [4.78, 5) is 26.5. The molecule has 3 heterocycles. The molecule has 0 saturated carbocycles. The second-order valence-corrected chi connectivity index (χ2v) is 7.79. The number of amides is 1. The van der Waals surface area contributed by atoms with Crippen LogP contribution in [-0.2, 0) is 17.8 Å². The molecule has 7 nitrogen and oxygen atoms in total. The van der Waals surface area contributed by atoms with Gasteiger partial charge < -0.3 is 14.4 Å². The van der Waals surface area contributed by atoms with Crippen molar-refractivity contribution in [3.63, 3.8) is 0 Å². The van der Waals surface area contributed by atoms with E-state index in [1.165, 1.54) is 6.42 Å². The lowest BCUT2D eigenvalue weighted by Crippen LogP contribution is -2.43. The Kier molecular flexibility index (Phi) is 5.67. The van der Waals surface area contributed by atoms with Crippen LogP contribution in [0.2, 0.25) is 0 Å². The average molecular weight is 396 g/mol. The van der Waals surface area contributed by atoms with Crippen LogP contribution in [0.25, 0.3) is 0 Å². The Morgan fingerprint density at radius 1 is 1.28 bits per heavy atom. The monoisotopic (exact) mass is 396 g/mol. The van der Waals surface area contributed by atoms with Crippen molar-refractivity contribution in [1.29, 1.82) is 0 Å². The van der Waals surface area contributed by atoms with Gasteiger partial charge in [0.2, 0.25) is 0 Å². The van der Waals surface area contributed by atoms with Gasteiger partial charge in [0.25, 0.3) is 5.91 Å². The van der Waals surface area contributed by atoms with E-state index in [-0.39, 0.29) is 5.91 Å². The number of carbonyl (C=O) groups is 1. The quantitative estimate of drug-likeness (QED) is 0.774. The van der Waals surface area contributed by atoms with Gasteiger partial charge in [-0.15, -0.1) is 0 Å². The lowest BCUT2D eigenvalue weighted by Gasteiger charge is -2.31. The zero-order valence-electron chi connectivity index (χ0n) is 17.3. The molecule has 1 aromatic carbocycles. The molecule has 2 aliphatic rings. The Hall–Kier alpha value is -2.67. The minimum absolute atomic E-state index is 0.0296. The van der Waals surface area contributed by atoms with E-state index < -0.39 is 6.10 Å². The molecule has 0 bridgehead atoms. The number of hydrogen-bond acceptors (Lipinski definition) is 6. The van der Waals surface area contributed by atoms with Crippen molar-refractivity contribution >= 4 is 5.91 Å². The summed E-state index contributed by atoms with van der Waals surface area (Å²) < 4.78 is 11.1. The van der Waals surface area contributed by atoms with E-state index in [1.54, 1.807) is 20.1 Å². The minimum atomic E-state index is -0.573. The molecule has 7 heteroatoms. The maximum atomic E-state index is 12.9. The molecule has 154 valence electrons. The third kappa shape index (κ3) is 4.19. The molecule has 4 rings (SSSR count). The molecule has 1 saturated heterocycles. The van der Waals surface area contributed by atoms with Crippen LogP contribution in [0.15, 0.2) is 30.5 Å². The van der Waals surface area contributed by atoms with E-state index in [2.05, 4.69) is 16.9 Å². The van der Waals surface area contributed by atoms with Crippen molar-refractivity contribution in [2.24, 2.45) is 0 Å². The van der Waals surface area contributed by atoms with E-state index in [4.69, 9.17) is 14.5 Å². The number of rotatable bonds is 5. The summed E-state index contributed by atoms with van der Waals surface area (Å²) in [5, 5.41) is 0. The summed E-state index contributed by atoms with van der Waals surface area (Å²) in [6.07, 6.45) is 4.38. The molecular weight excluding hydrogens is 368 g/mol. The summed E-state index contributed by atoms with van der Waals surface area (Å²) in [6, 6.07) is 7.62. The first kappa shape index (κ1) is 19.6. The van der Waals surface area contributed by atoms with Crippen LogP contribution in [0.5, 0.6) is 11.5 Å². The van der Waals surface area contributed by atoms with Crippen LogP contribution in [0.1, 0.15) is 42.9 Å². The number of nitrogens with zero attached hydrogens (tertiary/aromatic N) is 4. The van der Waals surface area contributed by atoms with Crippen LogP contribution < -0.4 is 9.47 Å². The lowest BCUT2D eigenvalue weighted by molar-refractivity contribution is -0.138. The number of likely N-dealkylation sites (tertiary alicyclic amines) is 1. The van der Waals surface area contributed by atoms with Crippen molar-refractivity contribution < 1.29 is 14.3 Å². The van der Waals surface area contributed by atoms with E-state index in [9.17, 15) is 4.79 Å². The third-order valence-corrected chi connectivity index (χ3v) is 5.78. The van der Waals surface area contributed by atoms with E-state index in [0.29, 0.717) is 30.6 Å². The van der Waals surface area contributed by atoms with Gasteiger partial charge in [-0.25, -0.2) is 9.97 Å². The van der Waals surface area contributed by atoms with Gasteiger partial charge in [-0.1, -0.05) is 6.07 Å². The molecule has 0 spiro atoms. The van der Waals surface area contributed by atoms with E-state index in [0.717, 1.165) is 36.5 Å². The number of fused-ring (bicyclic) bond motifs is 1. The molecule has 2 atom stereocenters. The van der Waals surface area contributed by atoms with Crippen molar-refractivity contribution in [3.8, 4) is 11.5 Å². The number of methoxy groups -OCH3 is 1. The smallest absolute Gasteiger partial charge is 0.263 e. The normalized spacial score (nSPS) is 20.2. The first-order valence-corrected chi connectivity index (χ1v) is 10.2. The molecule has 1 amide bonds. The number of benzene rings is 1. The Morgan fingerprint density at radius 2 is 2.10 bits per heavy atom. The van der Waals surface area contributed by atoms with E-state index in [1.807, 2.05) is 29.3 Å². The predicted octanol–water partition coefficient (Wildman–Crippen LogP) is 2.60. The highest BCUT2D eigenvalue weighted by Gasteiger charge is 2.29. The molecule has 1 fully saturated rings. The highest BCUT2D eigenvalue weighted by atomic mass is 16.5. The Morgan fingerprint density at radius 3 is 2.86 bits per heavy atom. The molecular formula is C22H28N4O3. The zero-order chi connectivity index (χ0) is 20.4. The molecule has 29 heavy (non-hydrogen) atoms. The van der Waals surface area contributed by atoms with Gasteiger partial charge in [-0.05, 0) is 45.5 Å². The van der Waals surface area contributed by atoms with Gasteiger partial charge in [-0.3, -0.25) is 9.69 Å². The van der Waals surface area contributed by atoms with Gasteiger partial charge in [0.05, 0.1) is 18.8 Å². The summed E-state index contributed by atoms with van der Waals surface area (Å²) in [7, 11) is 3.74. The van der Waals surface area contributed by atoms with Crippen LogP contribution in [-0.4, -0.2) is 59.0 Å². The van der Waals surface area contributed by atoms with Crippen molar-refractivity contribution in [3.05, 3.63) is 47.5 Å². The van der Waals surface area contributed by atoms with Gasteiger partial charge in [0.1, 0.15) is 17.3 Å². The van der Waals surface area contributed by atoms with Gasteiger partial charge in [0.15, 0.2) is 6.10 Å². The number of aromatic nitrogens is 2. The first-order chi connectivity index (χ1) is 14.0. The molecule has 2 aliphatic heterocycles. The fourth-order valence-corrected chi connectivity index (χ4v) is 4.10. The topological polar surface area (TPSA) is 67.8 Å². The maximum absolute atomic E-state index is 12.9. The SMILES string of the molecule is COc1cccc(OC(C)C(=O)N2CCc3nc(C4CCCN4C)ncc3C2)c1. The number of ether oxygens (including phenoxy) is 2. The van der Waals surface area contributed by atoms with Crippen LogP contribution >= 0.6 is 0 Å². The summed E-state index contributed by atoms with van der Waals surface area (Å²) in [5.74, 6) is 2.21. The number of hydrogen-bond donors (Lipinski definition) is 0. The van der Waals surface area contributed by atoms with Gasteiger partial charge >= 0.3 is 0 Å². The zero-order valence-corrected chi connectivity index (χ0v) is 17.3. The summed E-state index contributed by atoms with van der Waals surface area (Å²) in [6.45, 7) is 4.06. The van der Waals surface area contributed by atoms with E-state index >= 15 is 0 Å². The maximum Gasteiger partial charge on any atom is 0.263 e. The highest BCUT2D eigenvalue weighted by molar-refractivity contribution is 5.81. The third-order valence-electron chi connectivity index (χ3n) is 5.78. The van der Waals surface area contributed by atoms with Crippen LogP contribution in [0.4, 0.5) is 0 Å². The lowest BCUT2D eigenvalue weighted by atomic mass is 10.1. The largest absolute Gasteiger partial charge is 0.497 e. The minimum Gasteiger partial charge on any atom is -0.497 e. The second-order valence-electron chi connectivity index (χ2n) is 7.79. The van der Waals surface area contributed by atoms with Crippen LogP contribution in [0.3, 0.4) is 0 Å². The molecule has 0 aliphatic carbocycles. The Balaban J connectivity index is 1.41. The van der Waals surface area contributed by atoms with Crippen molar-refractivity contribution in [2.45, 2.75) is 44.9 Å². The highest BCUT2D eigenvalue weighted by Crippen LogP contribution is 2.29. The fraction of sp³-hybridized carbons (Fsp3) is 0.500. The molecule has 0 N–H and O–H groups in total. The molecule has 0 radical (unpaired) electrons. The second kappa shape index (κ2) is 8.37. The molecule has 1 aromatic heterocycles. The van der Waals surface area contributed by atoms with Crippen LogP contribution in [0, 0.1) is 0 Å². The standard InChI is InChI=1S/C22H28N4O3/c1-15(29-18-7-4-6-17(12-18)28-3)22(27)26-11-9-19-16(14-26)13-23-21(24-19)20-8-5-10-25(20)2/h4,6-7,12-13,15,20H,5,8-11,14H2,1-3H3.